The smallest absolute Gasteiger partial charge is 0.352 e. The van der Waals surface area contributed by atoms with E-state index in [4.69, 9.17) is 4.74 Å². The highest BCUT2D eigenvalue weighted by Gasteiger charge is 2.54. The number of hydrogen-bond donors (Lipinski definition) is 4. The number of fused-ring (bicyclic) bond motifs is 1. The van der Waals surface area contributed by atoms with Crippen LogP contribution < -0.4 is 16.0 Å². The zero-order chi connectivity index (χ0) is 26.6. The molecular formula is C22H25N5O8S. The molecule has 1 aromatic rings. The third-order valence-electron chi connectivity index (χ3n) is 5.48. The molecule has 0 aliphatic carbocycles. The molecule has 1 aromatic carbocycles. The van der Waals surface area contributed by atoms with Gasteiger partial charge in [0.1, 0.15) is 29.8 Å². The fourth-order valence-electron chi connectivity index (χ4n) is 3.65. The van der Waals surface area contributed by atoms with Crippen molar-refractivity contribution in [3.05, 3.63) is 47.2 Å². The standard InChI is InChI=1S/C22H25N5O8S/c1-11(28)35-9-13-10-36-19-15(18(30)27(19)16(13)20(31)32)24-17(29)14(12-7-5-4-6-8-12)25-22(34)26(3)21(33)23-2/h4-8,14-15,19H,9-10H2,1-3H3,(H,23,33)(H,24,29)(H,25,34)(H,31,32)/t14?,15?,19-/m0/s1. The minimum Gasteiger partial charge on any atom is -0.477 e. The van der Waals surface area contributed by atoms with Gasteiger partial charge in [0, 0.05) is 32.3 Å². The average molecular weight is 520 g/mol. The van der Waals surface area contributed by atoms with Crippen molar-refractivity contribution in [2.75, 3.05) is 26.5 Å². The first-order valence-electron chi connectivity index (χ1n) is 10.7. The lowest BCUT2D eigenvalue weighted by Gasteiger charge is -2.49. The molecule has 0 radical (unpaired) electrons. The Hall–Kier alpha value is -4.07. The second kappa shape index (κ2) is 11.1. The Balaban J connectivity index is 1.78. The van der Waals surface area contributed by atoms with Crippen molar-refractivity contribution in [1.29, 1.82) is 0 Å². The first-order chi connectivity index (χ1) is 17.1. The van der Waals surface area contributed by atoms with Gasteiger partial charge in [-0.05, 0) is 5.56 Å². The summed E-state index contributed by atoms with van der Waals surface area (Å²) in [5.41, 5.74) is 0.391. The Morgan fingerprint density at radius 3 is 2.44 bits per heavy atom. The van der Waals surface area contributed by atoms with Crippen LogP contribution in [-0.2, 0) is 23.9 Å². The van der Waals surface area contributed by atoms with Gasteiger partial charge in [0.15, 0.2) is 0 Å². The Morgan fingerprint density at radius 2 is 1.86 bits per heavy atom. The lowest BCUT2D eigenvalue weighted by atomic mass is 10.0. The van der Waals surface area contributed by atoms with Crippen molar-refractivity contribution in [2.24, 2.45) is 0 Å². The summed E-state index contributed by atoms with van der Waals surface area (Å²) in [5, 5.41) is 16.3. The van der Waals surface area contributed by atoms with Crippen LogP contribution in [0.15, 0.2) is 41.6 Å². The van der Waals surface area contributed by atoms with Gasteiger partial charge in [-0.1, -0.05) is 30.3 Å². The van der Waals surface area contributed by atoms with Crippen LogP contribution in [0.3, 0.4) is 0 Å². The highest BCUT2D eigenvalue weighted by molar-refractivity contribution is 8.00. The summed E-state index contributed by atoms with van der Waals surface area (Å²) >= 11 is 1.21. The minimum absolute atomic E-state index is 0.172. The molecule has 2 aliphatic rings. The SMILES string of the molecule is CNC(=O)N(C)C(=O)NC(C(=O)NC1C(=O)N2C(C(=O)O)=C(COC(C)=O)CS[C@@H]12)c1ccccc1. The van der Waals surface area contributed by atoms with E-state index in [2.05, 4.69) is 16.0 Å². The first kappa shape index (κ1) is 26.5. The van der Waals surface area contributed by atoms with Gasteiger partial charge in [0.25, 0.3) is 5.91 Å². The largest absolute Gasteiger partial charge is 0.477 e. The lowest BCUT2D eigenvalue weighted by molar-refractivity contribution is -0.151. The molecule has 2 unspecified atom stereocenters. The molecule has 1 saturated heterocycles. The quantitative estimate of drug-likeness (QED) is 0.286. The number of nitrogens with zero attached hydrogens (tertiary/aromatic N) is 2. The van der Waals surface area contributed by atoms with Crippen molar-refractivity contribution in [3.8, 4) is 0 Å². The van der Waals surface area contributed by atoms with Crippen molar-refractivity contribution in [1.82, 2.24) is 25.8 Å². The molecule has 3 rings (SSSR count). The van der Waals surface area contributed by atoms with Crippen molar-refractivity contribution in [2.45, 2.75) is 24.4 Å². The van der Waals surface area contributed by atoms with Crippen LogP contribution in [0.1, 0.15) is 18.5 Å². The number of esters is 1. The molecule has 0 saturated carbocycles. The average Bonchev–Trinajstić information content (AvgIpc) is 2.87. The van der Waals surface area contributed by atoms with Gasteiger partial charge in [-0.25, -0.2) is 19.3 Å². The zero-order valence-corrected chi connectivity index (χ0v) is 20.5. The molecule has 6 amide bonds. The summed E-state index contributed by atoms with van der Waals surface area (Å²) < 4.78 is 4.90. The van der Waals surface area contributed by atoms with Gasteiger partial charge < -0.3 is 25.8 Å². The summed E-state index contributed by atoms with van der Waals surface area (Å²) in [5.74, 6) is -3.14. The van der Waals surface area contributed by atoms with Gasteiger partial charge in [-0.2, -0.15) is 0 Å². The maximum absolute atomic E-state index is 13.2. The van der Waals surface area contributed by atoms with Crippen LogP contribution in [-0.4, -0.2) is 88.6 Å². The van der Waals surface area contributed by atoms with Gasteiger partial charge in [-0.3, -0.25) is 19.3 Å². The monoisotopic (exact) mass is 519 g/mol. The highest BCUT2D eigenvalue weighted by atomic mass is 32.2. The number of β-lactam (4-membered cyclic amide) rings is 1. The van der Waals surface area contributed by atoms with Gasteiger partial charge in [0.05, 0.1) is 0 Å². The molecule has 14 heteroatoms. The number of amides is 6. The molecule has 13 nitrogen and oxygen atoms in total. The van der Waals surface area contributed by atoms with E-state index in [-0.39, 0.29) is 23.6 Å². The van der Waals surface area contributed by atoms with E-state index < -0.39 is 53.3 Å². The molecular weight excluding hydrogens is 494 g/mol. The molecule has 4 N–H and O–H groups in total. The van der Waals surface area contributed by atoms with E-state index in [0.717, 1.165) is 9.80 Å². The zero-order valence-electron chi connectivity index (χ0n) is 19.6. The van der Waals surface area contributed by atoms with Crippen LogP contribution in [0.2, 0.25) is 0 Å². The fourth-order valence-corrected chi connectivity index (χ4v) is 4.97. The lowest BCUT2D eigenvalue weighted by Crippen LogP contribution is -2.71. The van der Waals surface area contributed by atoms with Crippen LogP contribution in [0.25, 0.3) is 0 Å². The van der Waals surface area contributed by atoms with Crippen LogP contribution >= 0.6 is 11.8 Å². The van der Waals surface area contributed by atoms with Crippen molar-refractivity contribution in [3.63, 3.8) is 0 Å². The highest BCUT2D eigenvalue weighted by Crippen LogP contribution is 2.40. The topological polar surface area (TPSA) is 174 Å². The third kappa shape index (κ3) is 5.43. The molecule has 2 heterocycles. The van der Waals surface area contributed by atoms with Crippen molar-refractivity contribution >= 4 is 47.6 Å². The molecule has 3 atom stereocenters. The number of rotatable bonds is 7. The van der Waals surface area contributed by atoms with Crippen LogP contribution in [0.5, 0.6) is 0 Å². The number of carbonyl (C=O) groups excluding carboxylic acids is 5. The first-order valence-corrected chi connectivity index (χ1v) is 11.8. The number of carbonyl (C=O) groups is 6. The molecule has 2 aliphatic heterocycles. The second-order valence-corrected chi connectivity index (χ2v) is 8.95. The van der Waals surface area contributed by atoms with Crippen LogP contribution in [0.4, 0.5) is 9.59 Å². The summed E-state index contributed by atoms with van der Waals surface area (Å²) in [6.45, 7) is 0.924. The summed E-state index contributed by atoms with van der Waals surface area (Å²) in [6, 6.07) is 4.40. The second-order valence-electron chi connectivity index (χ2n) is 7.84. The fraction of sp³-hybridized carbons (Fsp3) is 0.364. The predicted molar refractivity (Wildman–Crippen MR) is 126 cm³/mol. The van der Waals surface area contributed by atoms with Crippen LogP contribution in [0, 0.1) is 0 Å². The summed E-state index contributed by atoms with van der Waals surface area (Å²) in [7, 11) is 2.58. The maximum atomic E-state index is 13.2. The number of nitrogens with one attached hydrogen (secondary N) is 3. The Labute approximate surface area is 210 Å². The van der Waals surface area contributed by atoms with E-state index in [1.807, 2.05) is 0 Å². The number of ether oxygens (including phenoxy) is 1. The maximum Gasteiger partial charge on any atom is 0.352 e. The number of imide groups is 1. The van der Waals surface area contributed by atoms with Gasteiger partial charge >= 0.3 is 24.0 Å². The number of hydrogen-bond acceptors (Lipinski definition) is 8. The Bertz CT molecular complexity index is 1120. The summed E-state index contributed by atoms with van der Waals surface area (Å²) in [6.07, 6.45) is 0. The number of benzene rings is 1. The number of aliphatic carboxylic acids is 1. The number of carboxylic acids is 1. The molecule has 1 fully saturated rings. The van der Waals surface area contributed by atoms with E-state index in [0.29, 0.717) is 5.56 Å². The number of carboxylic acid groups (broad SMARTS) is 1. The predicted octanol–water partition coefficient (Wildman–Crippen LogP) is 0.0102. The van der Waals surface area contributed by atoms with Gasteiger partial charge in [0.2, 0.25) is 5.91 Å². The molecule has 192 valence electrons. The molecule has 0 spiro atoms. The van der Waals surface area contributed by atoms with E-state index >= 15 is 0 Å². The molecule has 0 bridgehead atoms. The van der Waals surface area contributed by atoms with E-state index in [1.54, 1.807) is 30.3 Å². The van der Waals surface area contributed by atoms with E-state index in [9.17, 15) is 33.9 Å². The van der Waals surface area contributed by atoms with Gasteiger partial charge in [-0.15, -0.1) is 11.8 Å². The number of urea groups is 2. The summed E-state index contributed by atoms with van der Waals surface area (Å²) in [4.78, 5) is 75.2. The van der Waals surface area contributed by atoms with E-state index in [1.165, 1.54) is 32.8 Å². The minimum atomic E-state index is -1.35. The number of thioether (sulfide) groups is 1. The normalized spacial score (nSPS) is 19.3. The third-order valence-corrected chi connectivity index (χ3v) is 6.82. The molecule has 36 heavy (non-hydrogen) atoms. The van der Waals surface area contributed by atoms with Crippen molar-refractivity contribution < 1.29 is 38.6 Å². The molecule has 0 aromatic heterocycles. The Morgan fingerprint density at radius 1 is 1.19 bits per heavy atom. The Kier molecular flexibility index (Phi) is 8.19.